The minimum absolute atomic E-state index is 0.0344. The zero-order valence-corrected chi connectivity index (χ0v) is 23.7. The van der Waals surface area contributed by atoms with Crippen molar-refractivity contribution in [2.45, 2.75) is 33.7 Å². The predicted molar refractivity (Wildman–Crippen MR) is 159 cm³/mol. The zero-order valence-electron chi connectivity index (χ0n) is 22.9. The number of benzene rings is 3. The summed E-state index contributed by atoms with van der Waals surface area (Å²) >= 11 is 1.23. The molecule has 0 radical (unpaired) electrons. The Bertz CT molecular complexity index is 1610. The third-order valence-electron chi connectivity index (χ3n) is 7.20. The molecule has 2 N–H and O–H groups in total. The highest BCUT2D eigenvalue weighted by atomic mass is 32.1. The molecule has 8 heteroatoms. The molecule has 0 saturated heterocycles. The molecule has 1 aromatic heterocycles. The van der Waals surface area contributed by atoms with Gasteiger partial charge in [0.15, 0.2) is 5.76 Å². The maximum Gasteiger partial charge on any atom is 0.294 e. The molecule has 1 amide bonds. The van der Waals surface area contributed by atoms with E-state index < -0.39 is 23.5 Å². The second-order valence-corrected chi connectivity index (χ2v) is 10.7. The summed E-state index contributed by atoms with van der Waals surface area (Å²) in [4.78, 5) is 36.2. The molecule has 0 aliphatic carbocycles. The molecule has 3 aromatic carbocycles. The zero-order chi connectivity index (χ0) is 28.6. The van der Waals surface area contributed by atoms with E-state index in [2.05, 4.69) is 23.7 Å². The molecule has 7 nitrogen and oxygen atoms in total. The molecular weight excluding hydrogens is 522 g/mol. The van der Waals surface area contributed by atoms with Gasteiger partial charge in [0.05, 0.1) is 27.9 Å². The van der Waals surface area contributed by atoms with Crippen LogP contribution < -0.4 is 9.80 Å². The van der Waals surface area contributed by atoms with Crippen molar-refractivity contribution in [3.05, 3.63) is 106 Å². The molecule has 0 bridgehead atoms. The minimum atomic E-state index is -0.944. The molecule has 1 atom stereocenters. The number of ketones is 1. The van der Waals surface area contributed by atoms with Gasteiger partial charge in [-0.15, -0.1) is 11.3 Å². The molecule has 0 fully saturated rings. The number of thiazole rings is 1. The predicted octanol–water partition coefficient (Wildman–Crippen LogP) is 6.76. The third kappa shape index (κ3) is 4.75. The monoisotopic (exact) mass is 553 g/mol. The number of phenolic OH excluding ortho intramolecular Hbond substituents is 1. The van der Waals surface area contributed by atoms with E-state index in [0.29, 0.717) is 21.1 Å². The fourth-order valence-corrected chi connectivity index (χ4v) is 6.14. The Hall–Kier alpha value is -4.43. The molecule has 1 unspecified atom stereocenters. The van der Waals surface area contributed by atoms with Crippen molar-refractivity contribution >= 4 is 34.4 Å². The van der Waals surface area contributed by atoms with Crippen LogP contribution in [-0.4, -0.2) is 40.0 Å². The Labute approximate surface area is 237 Å². The number of aliphatic hydroxyl groups is 1. The van der Waals surface area contributed by atoms with E-state index in [4.69, 9.17) is 0 Å². The van der Waals surface area contributed by atoms with Crippen LogP contribution in [0.25, 0.3) is 10.6 Å². The number of phenols is 1. The highest BCUT2D eigenvalue weighted by Gasteiger charge is 2.46. The van der Waals surface area contributed by atoms with Crippen molar-refractivity contribution in [1.29, 1.82) is 0 Å². The van der Waals surface area contributed by atoms with Crippen LogP contribution in [0.3, 0.4) is 0 Å². The molecule has 204 valence electrons. The lowest BCUT2D eigenvalue weighted by atomic mass is 9.94. The number of nitrogens with zero attached hydrogens (tertiary/aromatic N) is 3. The first kappa shape index (κ1) is 27.1. The van der Waals surface area contributed by atoms with Crippen molar-refractivity contribution in [3.63, 3.8) is 0 Å². The first-order valence-electron chi connectivity index (χ1n) is 13.2. The number of carbonyl (C=O) groups is 2. The summed E-state index contributed by atoms with van der Waals surface area (Å²) in [7, 11) is 0. The maximum atomic E-state index is 14.2. The van der Waals surface area contributed by atoms with E-state index in [9.17, 15) is 19.8 Å². The quantitative estimate of drug-likeness (QED) is 0.234. The SMILES string of the molecule is CCN(CC)c1ccc(C2C(C(=O)c3sc(-c4ccccc4)nc3C)=C(O)C(=O)N2c2cc(C)ccc2O)cc1. The van der Waals surface area contributed by atoms with Gasteiger partial charge in [0.25, 0.3) is 5.91 Å². The van der Waals surface area contributed by atoms with Crippen LogP contribution in [0.5, 0.6) is 5.75 Å². The topological polar surface area (TPSA) is 94.0 Å². The Balaban J connectivity index is 1.64. The van der Waals surface area contributed by atoms with Gasteiger partial charge >= 0.3 is 0 Å². The summed E-state index contributed by atoms with van der Waals surface area (Å²) in [6.45, 7) is 9.42. The smallest absolute Gasteiger partial charge is 0.294 e. The van der Waals surface area contributed by atoms with Crippen LogP contribution in [0.1, 0.15) is 46.4 Å². The second kappa shape index (κ2) is 11.0. The Kier molecular flexibility index (Phi) is 7.45. The molecular formula is C32H31N3O4S. The van der Waals surface area contributed by atoms with Crippen LogP contribution >= 0.6 is 11.3 Å². The highest BCUT2D eigenvalue weighted by molar-refractivity contribution is 7.17. The van der Waals surface area contributed by atoms with Gasteiger partial charge in [-0.05, 0) is 63.1 Å². The van der Waals surface area contributed by atoms with Crippen LogP contribution in [-0.2, 0) is 4.79 Å². The van der Waals surface area contributed by atoms with Gasteiger partial charge < -0.3 is 15.1 Å². The van der Waals surface area contributed by atoms with Crippen LogP contribution in [0.4, 0.5) is 11.4 Å². The molecule has 1 aliphatic rings. The van der Waals surface area contributed by atoms with E-state index in [-0.39, 0.29) is 17.0 Å². The Morgan fingerprint density at radius 1 is 0.975 bits per heavy atom. The number of hydrogen-bond donors (Lipinski definition) is 2. The number of aryl methyl sites for hydroxylation is 2. The normalized spacial score (nSPS) is 15.2. The minimum Gasteiger partial charge on any atom is -0.506 e. The Morgan fingerprint density at radius 2 is 1.65 bits per heavy atom. The summed E-state index contributed by atoms with van der Waals surface area (Å²) in [6.07, 6.45) is 0. The first-order chi connectivity index (χ1) is 19.2. The number of amides is 1. The number of anilines is 2. The van der Waals surface area contributed by atoms with E-state index in [1.807, 2.05) is 61.5 Å². The average molecular weight is 554 g/mol. The first-order valence-corrected chi connectivity index (χ1v) is 14.1. The number of hydrogen-bond acceptors (Lipinski definition) is 7. The lowest BCUT2D eigenvalue weighted by molar-refractivity contribution is -0.117. The highest BCUT2D eigenvalue weighted by Crippen LogP contribution is 2.46. The molecule has 0 saturated carbocycles. The van der Waals surface area contributed by atoms with Crippen LogP contribution in [0.2, 0.25) is 0 Å². The fourth-order valence-electron chi connectivity index (χ4n) is 5.12. The van der Waals surface area contributed by atoms with E-state index >= 15 is 0 Å². The number of rotatable bonds is 8. The van der Waals surface area contributed by atoms with E-state index in [0.717, 1.165) is 29.9 Å². The standard InChI is InChI=1S/C32H31N3O4S/c1-5-34(6-2)23-15-13-21(14-16-23)27-26(29(38)32(39)35(27)24-18-19(3)12-17-25(24)36)28(37)30-20(4)33-31(40-30)22-10-8-7-9-11-22/h7-18,27,36,38H,5-6H2,1-4H3. The van der Waals surface area contributed by atoms with Gasteiger partial charge in [0, 0.05) is 24.3 Å². The summed E-state index contributed by atoms with van der Waals surface area (Å²) in [5.41, 5.74) is 4.06. The van der Waals surface area contributed by atoms with Gasteiger partial charge in [0.1, 0.15) is 10.8 Å². The van der Waals surface area contributed by atoms with Gasteiger partial charge in [-0.1, -0.05) is 48.5 Å². The summed E-state index contributed by atoms with van der Waals surface area (Å²) in [6, 6.07) is 21.2. The average Bonchev–Trinajstić information content (AvgIpc) is 3.48. The molecule has 0 spiro atoms. The van der Waals surface area contributed by atoms with Gasteiger partial charge in [0.2, 0.25) is 5.78 Å². The van der Waals surface area contributed by atoms with Crippen LogP contribution in [0.15, 0.2) is 84.1 Å². The molecule has 1 aliphatic heterocycles. The molecule has 40 heavy (non-hydrogen) atoms. The number of aromatic hydroxyl groups is 1. The summed E-state index contributed by atoms with van der Waals surface area (Å²) in [5.74, 6) is -1.95. The lowest BCUT2D eigenvalue weighted by Gasteiger charge is -2.28. The van der Waals surface area contributed by atoms with Crippen molar-refractivity contribution in [2.24, 2.45) is 0 Å². The van der Waals surface area contributed by atoms with E-state index in [1.165, 1.54) is 22.3 Å². The Morgan fingerprint density at radius 3 is 2.30 bits per heavy atom. The number of carbonyl (C=O) groups excluding carboxylic acids is 2. The van der Waals surface area contributed by atoms with Gasteiger partial charge in [-0.2, -0.15) is 0 Å². The number of Topliss-reactive ketones (excluding diaryl/α,β-unsaturated/α-hetero) is 1. The summed E-state index contributed by atoms with van der Waals surface area (Å²) < 4.78 is 0. The van der Waals surface area contributed by atoms with Crippen LogP contribution in [0, 0.1) is 13.8 Å². The van der Waals surface area contributed by atoms with Crippen molar-refractivity contribution in [1.82, 2.24) is 4.98 Å². The van der Waals surface area contributed by atoms with E-state index in [1.54, 1.807) is 19.1 Å². The van der Waals surface area contributed by atoms with Gasteiger partial charge in [-0.25, -0.2) is 4.98 Å². The maximum absolute atomic E-state index is 14.2. The molecule has 4 aromatic rings. The fraction of sp³-hybridized carbons (Fsp3) is 0.219. The van der Waals surface area contributed by atoms with Crippen molar-refractivity contribution < 1.29 is 19.8 Å². The number of aliphatic hydroxyl groups excluding tert-OH is 1. The number of aromatic nitrogens is 1. The summed E-state index contributed by atoms with van der Waals surface area (Å²) in [5, 5.41) is 22.7. The van der Waals surface area contributed by atoms with Crippen molar-refractivity contribution in [2.75, 3.05) is 22.9 Å². The molecule has 2 heterocycles. The third-order valence-corrected chi connectivity index (χ3v) is 8.41. The van der Waals surface area contributed by atoms with Gasteiger partial charge in [-0.3, -0.25) is 14.5 Å². The largest absolute Gasteiger partial charge is 0.506 e. The molecule has 5 rings (SSSR count). The second-order valence-electron chi connectivity index (χ2n) is 9.72. The lowest BCUT2D eigenvalue weighted by Crippen LogP contribution is -2.31. The van der Waals surface area contributed by atoms with Crippen molar-refractivity contribution in [3.8, 4) is 16.3 Å².